The van der Waals surface area contributed by atoms with Gasteiger partial charge in [-0.3, -0.25) is 0 Å². The molecule has 1 aromatic carbocycles. The quantitative estimate of drug-likeness (QED) is 0.163. The van der Waals surface area contributed by atoms with Crippen molar-refractivity contribution >= 4 is 30.9 Å². The molecular formula is C35H52N6O5Si. The molecular weight excluding hydrogens is 613 g/mol. The van der Waals surface area contributed by atoms with Crippen molar-refractivity contribution in [3.8, 4) is 17.1 Å². The molecule has 2 aliphatic heterocycles. The van der Waals surface area contributed by atoms with Crippen LogP contribution in [0, 0.1) is 0 Å². The van der Waals surface area contributed by atoms with E-state index >= 15 is 0 Å². The third-order valence-electron chi connectivity index (χ3n) is 9.09. The van der Waals surface area contributed by atoms with Crippen LogP contribution < -0.4 is 9.64 Å². The average molecular weight is 665 g/mol. The molecule has 2 saturated heterocycles. The number of likely N-dealkylation sites (tertiary alicyclic amines) is 1. The van der Waals surface area contributed by atoms with Crippen LogP contribution in [0.15, 0.2) is 30.6 Å². The number of carbonyl (C=O) groups is 1. The molecule has 6 rings (SSSR count). The van der Waals surface area contributed by atoms with Crippen molar-refractivity contribution in [2.45, 2.75) is 116 Å². The SMILES string of the molecule is CC(C)(C)OC(=O)N1CC[C@@H](OC2CCN(c3cc(-c4nn(COCC[Si](C)(C)C)c5ccc(OC6(C)CC6)cc45)ncn3)CC2)C1. The van der Waals surface area contributed by atoms with Gasteiger partial charge >= 0.3 is 6.09 Å². The maximum absolute atomic E-state index is 12.5. The average Bonchev–Trinajstić information content (AvgIpc) is 3.38. The summed E-state index contributed by atoms with van der Waals surface area (Å²) in [6.07, 6.45) is 6.36. The van der Waals surface area contributed by atoms with Gasteiger partial charge in [0.25, 0.3) is 0 Å². The molecule has 1 aliphatic carbocycles. The molecule has 1 atom stereocenters. The van der Waals surface area contributed by atoms with Crippen molar-refractivity contribution in [3.63, 3.8) is 0 Å². The summed E-state index contributed by atoms with van der Waals surface area (Å²) in [5.41, 5.74) is 2.01. The molecule has 1 amide bonds. The second kappa shape index (κ2) is 13.4. The lowest BCUT2D eigenvalue weighted by Crippen LogP contribution is -2.40. The number of hydrogen-bond donors (Lipinski definition) is 0. The zero-order valence-corrected chi connectivity index (χ0v) is 30.3. The largest absolute Gasteiger partial charge is 0.488 e. The number of hydrogen-bond acceptors (Lipinski definition) is 9. The fraction of sp³-hybridized carbons (Fsp3) is 0.657. The van der Waals surface area contributed by atoms with Gasteiger partial charge in [0.1, 0.15) is 41.5 Å². The minimum Gasteiger partial charge on any atom is -0.488 e. The van der Waals surface area contributed by atoms with Crippen molar-refractivity contribution in [3.05, 3.63) is 30.6 Å². The Balaban J connectivity index is 1.12. The predicted molar refractivity (Wildman–Crippen MR) is 186 cm³/mol. The maximum atomic E-state index is 12.5. The number of rotatable bonds is 11. The molecule has 3 aromatic rings. The Labute approximate surface area is 279 Å². The van der Waals surface area contributed by atoms with Crippen LogP contribution in [-0.2, 0) is 20.9 Å². The molecule has 0 spiro atoms. The number of anilines is 1. The molecule has 11 nitrogen and oxygen atoms in total. The van der Waals surface area contributed by atoms with Crippen LogP contribution in [0.5, 0.6) is 5.75 Å². The van der Waals surface area contributed by atoms with Gasteiger partial charge in [0.05, 0.1) is 30.0 Å². The van der Waals surface area contributed by atoms with Crippen molar-refractivity contribution in [2.24, 2.45) is 0 Å². The molecule has 47 heavy (non-hydrogen) atoms. The summed E-state index contributed by atoms with van der Waals surface area (Å²) in [6, 6.07) is 9.37. The molecule has 4 heterocycles. The number of aromatic nitrogens is 4. The third kappa shape index (κ3) is 8.82. The van der Waals surface area contributed by atoms with E-state index in [2.05, 4.69) is 53.6 Å². The molecule has 0 N–H and O–H groups in total. The Kier molecular flexibility index (Phi) is 9.56. The number of piperidine rings is 1. The van der Waals surface area contributed by atoms with E-state index in [4.69, 9.17) is 24.0 Å². The van der Waals surface area contributed by atoms with Crippen LogP contribution in [0.3, 0.4) is 0 Å². The third-order valence-corrected chi connectivity index (χ3v) is 10.8. The summed E-state index contributed by atoms with van der Waals surface area (Å²) in [4.78, 5) is 25.9. The van der Waals surface area contributed by atoms with Crippen LogP contribution in [0.25, 0.3) is 22.3 Å². The molecule has 12 heteroatoms. The van der Waals surface area contributed by atoms with Crippen molar-refractivity contribution in [1.29, 1.82) is 0 Å². The summed E-state index contributed by atoms with van der Waals surface area (Å²) in [6.45, 7) is 19.0. The van der Waals surface area contributed by atoms with Gasteiger partial charge in [0.15, 0.2) is 0 Å². The second-order valence-electron chi connectivity index (χ2n) is 15.8. The number of carbonyl (C=O) groups excluding carboxylic acids is 1. The molecule has 0 unspecified atom stereocenters. The number of fused-ring (bicyclic) bond motifs is 1. The number of amides is 1. The molecule has 3 aliphatic rings. The van der Waals surface area contributed by atoms with Gasteiger partial charge in [0, 0.05) is 45.8 Å². The van der Waals surface area contributed by atoms with E-state index in [1.54, 1.807) is 11.2 Å². The Hall–Kier alpha value is -3.22. The zero-order valence-electron chi connectivity index (χ0n) is 29.3. The first-order chi connectivity index (χ1) is 22.2. The smallest absolute Gasteiger partial charge is 0.410 e. The first kappa shape index (κ1) is 33.7. The van der Waals surface area contributed by atoms with E-state index in [0.717, 1.165) is 91.7 Å². The Morgan fingerprint density at radius 2 is 1.77 bits per heavy atom. The predicted octanol–water partition coefficient (Wildman–Crippen LogP) is 6.73. The lowest BCUT2D eigenvalue weighted by molar-refractivity contribution is -0.0209. The van der Waals surface area contributed by atoms with Crippen LogP contribution in [0.1, 0.15) is 59.8 Å². The summed E-state index contributed by atoms with van der Waals surface area (Å²) in [5, 5.41) is 6.02. The minimum absolute atomic E-state index is 0.0454. The fourth-order valence-electron chi connectivity index (χ4n) is 6.08. The highest BCUT2D eigenvalue weighted by molar-refractivity contribution is 6.76. The van der Waals surface area contributed by atoms with Gasteiger partial charge in [-0.05, 0) is 84.0 Å². The van der Waals surface area contributed by atoms with E-state index < -0.39 is 13.7 Å². The van der Waals surface area contributed by atoms with Crippen molar-refractivity contribution in [2.75, 3.05) is 37.7 Å². The van der Waals surface area contributed by atoms with E-state index in [9.17, 15) is 4.79 Å². The Morgan fingerprint density at radius 1 is 1.02 bits per heavy atom. The first-order valence-corrected chi connectivity index (χ1v) is 20.9. The number of ether oxygens (including phenoxy) is 4. The van der Waals surface area contributed by atoms with Crippen LogP contribution >= 0.6 is 0 Å². The fourth-order valence-corrected chi connectivity index (χ4v) is 6.83. The highest BCUT2D eigenvalue weighted by Gasteiger charge is 2.40. The topological polar surface area (TPSA) is 104 Å². The molecule has 0 bridgehead atoms. The summed E-state index contributed by atoms with van der Waals surface area (Å²) < 4.78 is 26.4. The summed E-state index contributed by atoms with van der Waals surface area (Å²) in [5.74, 6) is 1.74. The number of benzene rings is 1. The summed E-state index contributed by atoms with van der Waals surface area (Å²) >= 11 is 0. The maximum Gasteiger partial charge on any atom is 0.410 e. The zero-order chi connectivity index (χ0) is 33.4. The van der Waals surface area contributed by atoms with Gasteiger partial charge in [-0.1, -0.05) is 19.6 Å². The van der Waals surface area contributed by atoms with Crippen molar-refractivity contribution in [1.82, 2.24) is 24.6 Å². The molecule has 256 valence electrons. The van der Waals surface area contributed by atoms with E-state index in [0.29, 0.717) is 19.8 Å². The molecule has 1 saturated carbocycles. The van der Waals surface area contributed by atoms with Crippen LogP contribution in [-0.4, -0.2) is 95.0 Å². The van der Waals surface area contributed by atoms with Gasteiger partial charge in [-0.25, -0.2) is 19.4 Å². The summed E-state index contributed by atoms with van der Waals surface area (Å²) in [7, 11) is -1.19. The van der Waals surface area contributed by atoms with Gasteiger partial charge < -0.3 is 28.7 Å². The van der Waals surface area contributed by atoms with Crippen LogP contribution in [0.4, 0.5) is 10.6 Å². The van der Waals surface area contributed by atoms with Gasteiger partial charge in [-0.2, -0.15) is 5.10 Å². The van der Waals surface area contributed by atoms with E-state index in [-0.39, 0.29) is 23.9 Å². The van der Waals surface area contributed by atoms with Crippen LogP contribution in [0.2, 0.25) is 25.7 Å². The monoisotopic (exact) mass is 664 g/mol. The Bertz CT molecular complexity index is 1550. The lowest BCUT2D eigenvalue weighted by atomic mass is 10.1. The lowest BCUT2D eigenvalue weighted by Gasteiger charge is -2.34. The second-order valence-corrected chi connectivity index (χ2v) is 21.5. The molecule has 3 fully saturated rings. The Morgan fingerprint density at radius 3 is 2.47 bits per heavy atom. The van der Waals surface area contributed by atoms with E-state index in [1.165, 1.54) is 0 Å². The van der Waals surface area contributed by atoms with Gasteiger partial charge in [-0.15, -0.1) is 0 Å². The standard InChI is InChI=1S/C35H52N6O5Si/c1-34(2,3)46-33(42)40-17-12-27(22-40)44-25-10-15-39(16-11-25)31-21-29(36-23-37-31)32-28-20-26(45-35(4)13-14-35)8-9-30(28)41(38-32)24-43-18-19-47(5,6)7/h8-9,20-21,23,25,27H,10-19,22,24H2,1-7H3/t27-/m1/s1. The minimum atomic E-state index is -1.19. The van der Waals surface area contributed by atoms with Crippen molar-refractivity contribution < 1.29 is 23.7 Å². The first-order valence-electron chi connectivity index (χ1n) is 17.2. The number of nitrogens with zero attached hydrogens (tertiary/aromatic N) is 6. The van der Waals surface area contributed by atoms with Gasteiger partial charge in [0.2, 0.25) is 0 Å². The molecule has 2 aromatic heterocycles. The highest BCUT2D eigenvalue weighted by atomic mass is 28.3. The normalized spacial score (nSPS) is 20.2. The highest BCUT2D eigenvalue weighted by Crippen LogP contribution is 2.41. The molecule has 0 radical (unpaired) electrons. The van der Waals surface area contributed by atoms with E-state index in [1.807, 2.05) is 37.6 Å².